The highest BCUT2D eigenvalue weighted by Gasteiger charge is 1.99. The number of carbonyl (C=O) groups is 1. The van der Waals surface area contributed by atoms with E-state index in [0.717, 1.165) is 17.0 Å². The number of nitrogens with one attached hydrogen (secondary N) is 2. The maximum atomic E-state index is 11.6. The van der Waals surface area contributed by atoms with Gasteiger partial charge in [-0.25, -0.2) is 4.79 Å². The fraction of sp³-hybridized carbons (Fsp3) is 0.133. The van der Waals surface area contributed by atoms with Gasteiger partial charge in [-0.1, -0.05) is 0 Å². The summed E-state index contributed by atoms with van der Waals surface area (Å²) in [6.45, 7) is 2.56. The Morgan fingerprint density at radius 2 is 2.10 bits per heavy atom. The van der Waals surface area contributed by atoms with Crippen LogP contribution in [0.15, 0.2) is 47.3 Å². The monoisotopic (exact) mass is 288 g/mol. The summed E-state index contributed by atoms with van der Waals surface area (Å²) in [5.41, 5.74) is 1.78. The number of ether oxygens (including phenoxy) is 1. The van der Waals surface area contributed by atoms with Crippen molar-refractivity contribution in [2.24, 2.45) is 0 Å². The quantitative estimate of drug-likeness (QED) is 0.875. The molecule has 1 heterocycles. The van der Waals surface area contributed by atoms with Crippen LogP contribution in [0.25, 0.3) is 6.08 Å². The van der Waals surface area contributed by atoms with Gasteiger partial charge >= 0.3 is 6.03 Å². The SMILES string of the molecule is CCOc1ccc(NC(=O)N/C=C/c2ccsc2)cc1. The van der Waals surface area contributed by atoms with Crippen LogP contribution in [-0.4, -0.2) is 12.6 Å². The summed E-state index contributed by atoms with van der Waals surface area (Å²) in [5, 5.41) is 9.38. The van der Waals surface area contributed by atoms with E-state index in [1.165, 1.54) is 0 Å². The van der Waals surface area contributed by atoms with Gasteiger partial charge in [0.15, 0.2) is 0 Å². The normalized spacial score (nSPS) is 10.4. The minimum Gasteiger partial charge on any atom is -0.494 e. The van der Waals surface area contributed by atoms with E-state index < -0.39 is 0 Å². The molecule has 1 aromatic carbocycles. The molecule has 2 N–H and O–H groups in total. The Morgan fingerprint density at radius 3 is 2.75 bits per heavy atom. The summed E-state index contributed by atoms with van der Waals surface area (Å²) in [7, 11) is 0. The van der Waals surface area contributed by atoms with Crippen LogP contribution in [0.2, 0.25) is 0 Å². The molecular weight excluding hydrogens is 272 g/mol. The molecule has 0 radical (unpaired) electrons. The first-order valence-corrected chi connectivity index (χ1v) is 7.21. The van der Waals surface area contributed by atoms with Gasteiger partial charge in [-0.15, -0.1) is 0 Å². The Morgan fingerprint density at radius 1 is 1.30 bits per heavy atom. The van der Waals surface area contributed by atoms with E-state index in [2.05, 4.69) is 10.6 Å². The van der Waals surface area contributed by atoms with Crippen LogP contribution in [0.4, 0.5) is 10.5 Å². The van der Waals surface area contributed by atoms with E-state index in [0.29, 0.717) is 6.61 Å². The summed E-state index contributed by atoms with van der Waals surface area (Å²) in [6.07, 6.45) is 3.46. The van der Waals surface area contributed by atoms with E-state index in [1.54, 1.807) is 29.7 Å². The van der Waals surface area contributed by atoms with Gasteiger partial charge in [0.25, 0.3) is 0 Å². The zero-order chi connectivity index (χ0) is 14.2. The number of thiophene rings is 1. The summed E-state index contributed by atoms with van der Waals surface area (Å²) in [5.74, 6) is 0.788. The van der Waals surface area contributed by atoms with Gasteiger partial charge in [-0.2, -0.15) is 11.3 Å². The molecular formula is C15H16N2O2S. The van der Waals surface area contributed by atoms with Crippen LogP contribution in [0, 0.1) is 0 Å². The highest BCUT2D eigenvalue weighted by molar-refractivity contribution is 7.08. The molecule has 2 rings (SSSR count). The van der Waals surface area contributed by atoms with Gasteiger partial charge in [-0.05, 0) is 59.7 Å². The van der Waals surface area contributed by atoms with Gasteiger partial charge < -0.3 is 15.4 Å². The molecule has 0 aliphatic heterocycles. The summed E-state index contributed by atoms with van der Waals surface area (Å²) >= 11 is 1.61. The molecule has 2 amide bonds. The fourth-order valence-corrected chi connectivity index (χ4v) is 2.18. The first-order chi connectivity index (χ1) is 9.78. The average molecular weight is 288 g/mol. The predicted octanol–water partition coefficient (Wildman–Crippen LogP) is 3.94. The summed E-state index contributed by atoms with van der Waals surface area (Å²) in [4.78, 5) is 11.6. The highest BCUT2D eigenvalue weighted by atomic mass is 32.1. The molecule has 0 bridgehead atoms. The molecule has 0 spiro atoms. The van der Waals surface area contributed by atoms with Crippen molar-refractivity contribution in [1.29, 1.82) is 0 Å². The maximum absolute atomic E-state index is 11.6. The molecule has 0 atom stereocenters. The lowest BCUT2D eigenvalue weighted by molar-refractivity contribution is 0.255. The Kier molecular flexibility index (Phi) is 5.20. The molecule has 0 fully saturated rings. The second-order valence-corrected chi connectivity index (χ2v) is 4.73. The third-order valence-electron chi connectivity index (χ3n) is 2.46. The number of amides is 2. The number of hydrogen-bond donors (Lipinski definition) is 2. The molecule has 104 valence electrons. The number of urea groups is 1. The van der Waals surface area contributed by atoms with E-state index >= 15 is 0 Å². The number of benzene rings is 1. The molecule has 0 saturated carbocycles. The van der Waals surface area contributed by atoms with Crippen molar-refractivity contribution in [3.05, 3.63) is 52.9 Å². The van der Waals surface area contributed by atoms with Crippen molar-refractivity contribution in [3.8, 4) is 5.75 Å². The van der Waals surface area contributed by atoms with Crippen LogP contribution in [0.1, 0.15) is 12.5 Å². The van der Waals surface area contributed by atoms with Gasteiger partial charge in [-0.3, -0.25) is 0 Å². The molecule has 4 nitrogen and oxygen atoms in total. The topological polar surface area (TPSA) is 50.4 Å². The standard InChI is InChI=1S/C15H16N2O2S/c1-2-19-14-5-3-13(4-6-14)17-15(18)16-9-7-12-8-10-20-11-12/h3-11H,2H2,1H3,(H2,16,17,18)/b9-7+. The lowest BCUT2D eigenvalue weighted by Crippen LogP contribution is -2.23. The molecule has 2 aromatic rings. The van der Waals surface area contributed by atoms with Crippen LogP contribution < -0.4 is 15.4 Å². The van der Waals surface area contributed by atoms with Crippen LogP contribution in [-0.2, 0) is 0 Å². The van der Waals surface area contributed by atoms with Gasteiger partial charge in [0.1, 0.15) is 5.75 Å². The van der Waals surface area contributed by atoms with Crippen LogP contribution >= 0.6 is 11.3 Å². The van der Waals surface area contributed by atoms with Crippen LogP contribution in [0.5, 0.6) is 5.75 Å². The summed E-state index contributed by atoms with van der Waals surface area (Å²) < 4.78 is 5.33. The lowest BCUT2D eigenvalue weighted by atomic mass is 10.3. The average Bonchev–Trinajstić information content (AvgIpc) is 2.94. The van der Waals surface area contributed by atoms with Crippen molar-refractivity contribution in [2.45, 2.75) is 6.92 Å². The van der Waals surface area contributed by atoms with Gasteiger partial charge in [0, 0.05) is 11.9 Å². The van der Waals surface area contributed by atoms with Gasteiger partial charge in [0.2, 0.25) is 0 Å². The predicted molar refractivity (Wildman–Crippen MR) is 83.1 cm³/mol. The zero-order valence-corrected chi connectivity index (χ0v) is 11.9. The minimum absolute atomic E-state index is 0.277. The smallest absolute Gasteiger partial charge is 0.323 e. The van der Waals surface area contributed by atoms with Crippen LogP contribution in [0.3, 0.4) is 0 Å². The number of carbonyl (C=O) groups excluding carboxylic acids is 1. The number of rotatable bonds is 5. The zero-order valence-electron chi connectivity index (χ0n) is 11.1. The first kappa shape index (κ1) is 14.1. The first-order valence-electron chi connectivity index (χ1n) is 6.27. The molecule has 0 aliphatic rings. The molecule has 1 aromatic heterocycles. The molecule has 5 heteroatoms. The second-order valence-electron chi connectivity index (χ2n) is 3.95. The highest BCUT2D eigenvalue weighted by Crippen LogP contribution is 2.15. The molecule has 0 aliphatic carbocycles. The van der Waals surface area contributed by atoms with Crippen molar-refractivity contribution in [1.82, 2.24) is 5.32 Å². The van der Waals surface area contributed by atoms with E-state index in [1.807, 2.05) is 42.0 Å². The van der Waals surface area contributed by atoms with E-state index in [9.17, 15) is 4.79 Å². The molecule has 0 unspecified atom stereocenters. The molecule has 20 heavy (non-hydrogen) atoms. The van der Waals surface area contributed by atoms with Crippen molar-refractivity contribution >= 4 is 29.1 Å². The lowest BCUT2D eigenvalue weighted by Gasteiger charge is -2.06. The minimum atomic E-state index is -0.277. The van der Waals surface area contributed by atoms with Crippen molar-refractivity contribution < 1.29 is 9.53 Å². The number of anilines is 1. The third-order valence-corrected chi connectivity index (χ3v) is 3.16. The Bertz CT molecular complexity index is 562. The maximum Gasteiger partial charge on any atom is 0.323 e. The second kappa shape index (κ2) is 7.35. The van der Waals surface area contributed by atoms with Crippen molar-refractivity contribution in [3.63, 3.8) is 0 Å². The Hall–Kier alpha value is -2.27. The Labute approximate surface area is 122 Å². The Balaban J connectivity index is 1.82. The van der Waals surface area contributed by atoms with E-state index in [4.69, 9.17) is 4.74 Å². The van der Waals surface area contributed by atoms with Crippen molar-refractivity contribution in [2.75, 3.05) is 11.9 Å². The third kappa shape index (κ3) is 4.44. The largest absolute Gasteiger partial charge is 0.494 e. The molecule has 0 saturated heterocycles. The number of hydrogen-bond acceptors (Lipinski definition) is 3. The fourth-order valence-electron chi connectivity index (χ4n) is 1.55. The van der Waals surface area contributed by atoms with E-state index in [-0.39, 0.29) is 6.03 Å². The van der Waals surface area contributed by atoms with Gasteiger partial charge in [0.05, 0.1) is 6.61 Å². The summed E-state index contributed by atoms with van der Waals surface area (Å²) in [6, 6.07) is 8.94.